The van der Waals surface area contributed by atoms with Crippen molar-refractivity contribution in [2.75, 3.05) is 11.4 Å². The van der Waals surface area contributed by atoms with Crippen LogP contribution in [-0.4, -0.2) is 17.3 Å². The van der Waals surface area contributed by atoms with Crippen LogP contribution >= 0.6 is 0 Å². The minimum Gasteiger partial charge on any atom is -0.460 e. The summed E-state index contributed by atoms with van der Waals surface area (Å²) in [6, 6.07) is 15.0. The molecule has 0 radical (unpaired) electrons. The highest BCUT2D eigenvalue weighted by atomic mass is 16.5. The standard InChI is InChI=1S/C25H26N2O/c1-5-15-27-21-11-7-6-10-20(21)24(3,4)25(27)13-12-18-16-17(2)19-9-8-14-26-22(19)23(18)28-25/h6-14,16H,5,15H2,1-4H3. The molecule has 2 aromatic carbocycles. The van der Waals surface area contributed by atoms with E-state index in [2.05, 4.69) is 81.1 Å². The Labute approximate surface area is 166 Å². The second-order valence-electron chi connectivity index (χ2n) is 8.44. The van der Waals surface area contributed by atoms with Crippen LogP contribution in [0.1, 0.15) is 43.9 Å². The average molecular weight is 370 g/mol. The first-order valence-corrected chi connectivity index (χ1v) is 10.1. The van der Waals surface area contributed by atoms with Gasteiger partial charge in [0, 0.05) is 29.4 Å². The number of ether oxygens (including phenoxy) is 1. The molecule has 142 valence electrons. The average Bonchev–Trinajstić information content (AvgIpc) is 2.88. The van der Waals surface area contributed by atoms with E-state index in [0.29, 0.717) is 0 Å². The Bertz CT molecular complexity index is 1110. The molecule has 3 nitrogen and oxygen atoms in total. The maximum absolute atomic E-state index is 6.99. The van der Waals surface area contributed by atoms with Gasteiger partial charge in [-0.25, -0.2) is 0 Å². The van der Waals surface area contributed by atoms with Gasteiger partial charge in [0.25, 0.3) is 0 Å². The third kappa shape index (κ3) is 2.07. The second-order valence-corrected chi connectivity index (χ2v) is 8.44. The van der Waals surface area contributed by atoms with Gasteiger partial charge in [-0.3, -0.25) is 4.98 Å². The van der Waals surface area contributed by atoms with Crippen LogP contribution in [-0.2, 0) is 5.41 Å². The number of pyridine rings is 1. The highest BCUT2D eigenvalue weighted by molar-refractivity contribution is 5.92. The van der Waals surface area contributed by atoms with Crippen LogP contribution in [0, 0.1) is 6.92 Å². The highest BCUT2D eigenvalue weighted by Crippen LogP contribution is 2.55. The van der Waals surface area contributed by atoms with Crippen molar-refractivity contribution in [3.05, 3.63) is 71.4 Å². The van der Waals surface area contributed by atoms with E-state index >= 15 is 0 Å². The summed E-state index contributed by atoms with van der Waals surface area (Å²) < 4.78 is 6.99. The van der Waals surface area contributed by atoms with Gasteiger partial charge in [0.15, 0.2) is 5.75 Å². The molecule has 0 aliphatic carbocycles. The molecule has 2 aliphatic rings. The zero-order valence-corrected chi connectivity index (χ0v) is 17.0. The molecule has 0 saturated heterocycles. The molecule has 0 N–H and O–H groups in total. The van der Waals surface area contributed by atoms with E-state index in [4.69, 9.17) is 9.72 Å². The number of aromatic nitrogens is 1. The lowest BCUT2D eigenvalue weighted by atomic mass is 9.76. The molecule has 1 aromatic heterocycles. The first-order valence-electron chi connectivity index (χ1n) is 10.1. The number of nitrogens with zero attached hydrogens (tertiary/aromatic N) is 2. The first-order chi connectivity index (χ1) is 13.5. The Morgan fingerprint density at radius 2 is 1.93 bits per heavy atom. The lowest BCUT2D eigenvalue weighted by Crippen LogP contribution is -2.59. The van der Waals surface area contributed by atoms with E-state index in [-0.39, 0.29) is 5.41 Å². The summed E-state index contributed by atoms with van der Waals surface area (Å²) in [6.45, 7) is 9.89. The summed E-state index contributed by atoms with van der Waals surface area (Å²) in [6.07, 6.45) is 7.41. The largest absolute Gasteiger partial charge is 0.460 e. The Balaban J connectivity index is 1.76. The normalized spacial score (nSPS) is 21.6. The Hall–Kier alpha value is -2.81. The van der Waals surface area contributed by atoms with Crippen LogP contribution in [0.25, 0.3) is 17.0 Å². The Morgan fingerprint density at radius 3 is 2.75 bits per heavy atom. The van der Waals surface area contributed by atoms with Gasteiger partial charge < -0.3 is 9.64 Å². The van der Waals surface area contributed by atoms with Crippen LogP contribution in [0.4, 0.5) is 5.69 Å². The maximum atomic E-state index is 6.99. The molecule has 3 heteroatoms. The number of benzene rings is 2. The molecule has 5 rings (SSSR count). The van der Waals surface area contributed by atoms with Crippen molar-refractivity contribution in [1.29, 1.82) is 0 Å². The molecule has 1 atom stereocenters. The predicted octanol–water partition coefficient (Wildman–Crippen LogP) is 5.85. The fraction of sp³-hybridized carbons (Fsp3) is 0.320. The smallest absolute Gasteiger partial charge is 0.212 e. The Kier molecular flexibility index (Phi) is 3.61. The van der Waals surface area contributed by atoms with E-state index in [9.17, 15) is 0 Å². The summed E-state index contributed by atoms with van der Waals surface area (Å²) in [7, 11) is 0. The fourth-order valence-electron chi connectivity index (χ4n) is 4.98. The third-order valence-electron chi connectivity index (χ3n) is 6.44. The van der Waals surface area contributed by atoms with E-state index < -0.39 is 5.72 Å². The van der Waals surface area contributed by atoms with Gasteiger partial charge in [-0.05, 0) is 68.7 Å². The number of para-hydroxylation sites is 1. The van der Waals surface area contributed by atoms with E-state index in [0.717, 1.165) is 35.2 Å². The number of aryl methyl sites for hydroxylation is 1. The molecule has 0 bridgehead atoms. The number of hydrogen-bond acceptors (Lipinski definition) is 3. The lowest BCUT2D eigenvalue weighted by molar-refractivity contribution is 0.0549. The number of fused-ring (bicyclic) bond motifs is 4. The zero-order chi connectivity index (χ0) is 19.5. The van der Waals surface area contributed by atoms with Gasteiger partial charge in [0.1, 0.15) is 5.52 Å². The van der Waals surface area contributed by atoms with Crippen molar-refractivity contribution < 1.29 is 4.74 Å². The van der Waals surface area contributed by atoms with Crippen molar-refractivity contribution in [3.63, 3.8) is 0 Å². The number of hydrogen-bond donors (Lipinski definition) is 0. The summed E-state index contributed by atoms with van der Waals surface area (Å²) >= 11 is 0. The summed E-state index contributed by atoms with van der Waals surface area (Å²) in [5, 5.41) is 1.15. The maximum Gasteiger partial charge on any atom is 0.212 e. The zero-order valence-electron chi connectivity index (χ0n) is 17.0. The summed E-state index contributed by atoms with van der Waals surface area (Å²) in [5.74, 6) is 0.894. The Morgan fingerprint density at radius 1 is 1.11 bits per heavy atom. The summed E-state index contributed by atoms with van der Waals surface area (Å²) in [5.41, 5.74) is 5.14. The summed E-state index contributed by atoms with van der Waals surface area (Å²) in [4.78, 5) is 7.14. The molecule has 0 saturated carbocycles. The monoisotopic (exact) mass is 370 g/mol. The molecular formula is C25H26N2O. The quantitative estimate of drug-likeness (QED) is 0.565. The van der Waals surface area contributed by atoms with E-state index in [1.807, 2.05) is 12.3 Å². The second kappa shape index (κ2) is 5.84. The molecule has 28 heavy (non-hydrogen) atoms. The van der Waals surface area contributed by atoms with Crippen LogP contribution in [0.3, 0.4) is 0 Å². The number of anilines is 1. The van der Waals surface area contributed by atoms with Crippen LogP contribution in [0.5, 0.6) is 5.75 Å². The van der Waals surface area contributed by atoms with Crippen molar-refractivity contribution in [2.45, 2.75) is 45.3 Å². The molecule has 3 aromatic rings. The topological polar surface area (TPSA) is 25.4 Å². The van der Waals surface area contributed by atoms with Gasteiger partial charge in [-0.2, -0.15) is 0 Å². The highest BCUT2D eigenvalue weighted by Gasteiger charge is 2.58. The van der Waals surface area contributed by atoms with E-state index in [1.165, 1.54) is 16.8 Å². The van der Waals surface area contributed by atoms with Crippen molar-refractivity contribution in [1.82, 2.24) is 4.98 Å². The van der Waals surface area contributed by atoms with Gasteiger partial charge in [0.2, 0.25) is 5.72 Å². The lowest BCUT2D eigenvalue weighted by Gasteiger charge is -2.47. The van der Waals surface area contributed by atoms with Gasteiger partial charge >= 0.3 is 0 Å². The van der Waals surface area contributed by atoms with Gasteiger partial charge in [-0.15, -0.1) is 0 Å². The van der Waals surface area contributed by atoms with Crippen LogP contribution in [0.2, 0.25) is 0 Å². The van der Waals surface area contributed by atoms with Crippen molar-refractivity contribution >= 4 is 22.7 Å². The minimum atomic E-state index is -0.556. The molecule has 3 heterocycles. The van der Waals surface area contributed by atoms with Gasteiger partial charge in [0.05, 0.1) is 5.41 Å². The fourth-order valence-corrected chi connectivity index (χ4v) is 4.98. The predicted molar refractivity (Wildman–Crippen MR) is 116 cm³/mol. The molecule has 0 amide bonds. The SMILES string of the molecule is CCCN1c2ccccc2C(C)(C)C12C=Cc1cc(C)c3cccnc3c1O2. The molecule has 0 fully saturated rings. The number of rotatable bonds is 2. The van der Waals surface area contributed by atoms with Gasteiger partial charge in [-0.1, -0.05) is 31.2 Å². The minimum absolute atomic E-state index is 0.195. The van der Waals surface area contributed by atoms with Crippen molar-refractivity contribution in [3.8, 4) is 5.75 Å². The molecule has 1 spiro atoms. The third-order valence-corrected chi connectivity index (χ3v) is 6.44. The first kappa shape index (κ1) is 17.3. The van der Waals surface area contributed by atoms with E-state index in [1.54, 1.807) is 0 Å². The van der Waals surface area contributed by atoms with Crippen molar-refractivity contribution in [2.24, 2.45) is 0 Å². The van der Waals surface area contributed by atoms with Crippen LogP contribution < -0.4 is 9.64 Å². The molecular weight excluding hydrogens is 344 g/mol. The molecule has 1 unspecified atom stereocenters. The molecule has 2 aliphatic heterocycles. The van der Waals surface area contributed by atoms with Crippen LogP contribution in [0.15, 0.2) is 54.7 Å².